The minimum Gasteiger partial charge on any atom is -0.573 e. The van der Waals surface area contributed by atoms with Crippen LogP contribution in [0.3, 0.4) is 0 Å². The van der Waals surface area contributed by atoms with Crippen LogP contribution >= 0.6 is 0 Å². The minimum absolute atomic E-state index is 0. The van der Waals surface area contributed by atoms with Crippen LogP contribution in [0.1, 0.15) is 53.1 Å². The molecule has 0 fully saturated rings. The van der Waals surface area contributed by atoms with E-state index in [1.165, 1.54) is 0 Å². The maximum absolute atomic E-state index is 4.61. The van der Waals surface area contributed by atoms with Crippen molar-refractivity contribution >= 4 is 43.6 Å². The van der Waals surface area contributed by atoms with Gasteiger partial charge in [-0.15, -0.1) is 0 Å². The number of hydrogen-bond donors (Lipinski definition) is 0. The Hall–Kier alpha value is -3.24. The number of rotatable bonds is 0. The average Bonchev–Trinajstić information content (AvgIpc) is 3.29. The molecule has 0 amide bonds. The third kappa shape index (κ3) is 4.87. The van der Waals surface area contributed by atoms with Gasteiger partial charge in [0, 0.05) is 29.3 Å². The summed E-state index contributed by atoms with van der Waals surface area (Å²) in [6, 6.07) is 16.2. The maximum Gasteiger partial charge on any atom is 2.00 e. The van der Waals surface area contributed by atoms with Crippen molar-refractivity contribution in [2.75, 3.05) is 0 Å². The first-order valence-electron chi connectivity index (χ1n) is 11.7. The molecule has 0 saturated heterocycles. The van der Waals surface area contributed by atoms with Crippen molar-refractivity contribution in [1.82, 2.24) is 30.1 Å². The Morgan fingerprint density at radius 1 is 0.750 bits per heavy atom. The van der Waals surface area contributed by atoms with E-state index in [4.69, 9.17) is 0 Å². The molecule has 0 saturated carbocycles. The number of pyridine rings is 2. The van der Waals surface area contributed by atoms with Crippen LogP contribution in [0, 0.1) is 6.20 Å². The molecule has 0 spiro atoms. The number of aromatic nitrogens is 6. The summed E-state index contributed by atoms with van der Waals surface area (Å²) in [5.41, 5.74) is 4.65. The molecule has 184 valence electrons. The van der Waals surface area contributed by atoms with Crippen LogP contribution in [0.4, 0.5) is 0 Å². The largest absolute Gasteiger partial charge is 2.00 e. The van der Waals surface area contributed by atoms with Gasteiger partial charge < -0.3 is 25.1 Å². The Morgan fingerprint density at radius 3 is 2.06 bits per heavy atom. The van der Waals surface area contributed by atoms with Crippen molar-refractivity contribution in [2.24, 2.45) is 0 Å². The zero-order valence-electron chi connectivity index (χ0n) is 21.3. The van der Waals surface area contributed by atoms with Crippen molar-refractivity contribution in [3.63, 3.8) is 0 Å². The second-order valence-corrected chi connectivity index (χ2v) is 10.8. The van der Waals surface area contributed by atoms with Gasteiger partial charge in [-0.1, -0.05) is 88.8 Å². The van der Waals surface area contributed by atoms with E-state index in [0.29, 0.717) is 0 Å². The van der Waals surface area contributed by atoms with E-state index in [2.05, 4.69) is 90.0 Å². The van der Waals surface area contributed by atoms with E-state index < -0.39 is 0 Å². The average molecular weight is 656 g/mol. The molecule has 6 rings (SSSR count). The number of benzene rings is 2. The summed E-state index contributed by atoms with van der Waals surface area (Å²) in [5.74, 6) is 0.810. The molecule has 36 heavy (non-hydrogen) atoms. The maximum atomic E-state index is 4.61. The van der Waals surface area contributed by atoms with Gasteiger partial charge in [-0.05, 0) is 50.9 Å². The predicted octanol–water partition coefficient (Wildman–Crippen LogP) is 6.31. The molecule has 2 aromatic carbocycles. The van der Waals surface area contributed by atoms with E-state index in [1.807, 2.05) is 36.4 Å². The van der Waals surface area contributed by atoms with Gasteiger partial charge >= 0.3 is 21.1 Å². The third-order valence-electron chi connectivity index (χ3n) is 5.89. The van der Waals surface area contributed by atoms with E-state index in [9.17, 15) is 0 Å². The second kappa shape index (κ2) is 9.66. The molecule has 0 N–H and O–H groups in total. The Balaban J connectivity index is 0.000000165. The first-order valence-corrected chi connectivity index (χ1v) is 11.7. The Kier molecular flexibility index (Phi) is 6.94. The molecule has 6 nitrogen and oxygen atoms in total. The van der Waals surface area contributed by atoms with Crippen LogP contribution in [-0.2, 0) is 31.9 Å². The predicted molar refractivity (Wildman–Crippen MR) is 141 cm³/mol. The van der Waals surface area contributed by atoms with Crippen LogP contribution in [0.25, 0.3) is 43.6 Å². The van der Waals surface area contributed by atoms with Crippen molar-refractivity contribution in [3.8, 4) is 0 Å². The van der Waals surface area contributed by atoms with Gasteiger partial charge in [0.25, 0.3) is 0 Å². The summed E-state index contributed by atoms with van der Waals surface area (Å²) in [5, 5.41) is 12.8. The van der Waals surface area contributed by atoms with Gasteiger partial charge in [-0.2, -0.15) is 0 Å². The second-order valence-electron chi connectivity index (χ2n) is 10.8. The van der Waals surface area contributed by atoms with E-state index in [-0.39, 0.29) is 31.9 Å². The normalized spacial score (nSPS) is 11.9. The molecule has 4 heterocycles. The fourth-order valence-electron chi connectivity index (χ4n) is 4.05. The summed E-state index contributed by atoms with van der Waals surface area (Å²) in [6.45, 7) is 12.8. The fraction of sp³-hybridized carbons (Fsp3) is 0.276. The number of nitrogens with zero attached hydrogens (tertiary/aromatic N) is 6. The van der Waals surface area contributed by atoms with Gasteiger partial charge in [0.2, 0.25) is 0 Å². The van der Waals surface area contributed by atoms with Gasteiger partial charge in [0.15, 0.2) is 0 Å². The standard InChI is InChI=1S/C15H14N3.C14H14N3.Pt/c1-15(2,3)14-17-9-11-12(18-14)7-6-10-5-4-8-16-13(10)11;1-14(2,3)13-10-7-6-9-5-4-8-15-11(9)12(10)16-17-13;/h4-8H,1-3H3;4-8H,1-3H3;/q2*-1;+2. The quantitative estimate of drug-likeness (QED) is 0.141. The molecule has 0 bridgehead atoms. The molecule has 7 heteroatoms. The van der Waals surface area contributed by atoms with Gasteiger partial charge in [-0.3, -0.25) is 4.98 Å². The summed E-state index contributed by atoms with van der Waals surface area (Å²) in [4.78, 5) is 17.8. The Labute approximate surface area is 225 Å². The summed E-state index contributed by atoms with van der Waals surface area (Å²) in [6.07, 6.45) is 6.68. The Morgan fingerprint density at radius 2 is 1.39 bits per heavy atom. The first-order chi connectivity index (χ1) is 16.6. The van der Waals surface area contributed by atoms with Crippen molar-refractivity contribution in [3.05, 3.63) is 78.6 Å². The zero-order chi connectivity index (χ0) is 24.8. The summed E-state index contributed by atoms with van der Waals surface area (Å²) < 4.78 is 0. The molecular weight excluding hydrogens is 627 g/mol. The molecule has 0 aliphatic heterocycles. The molecule has 4 aromatic heterocycles. The van der Waals surface area contributed by atoms with Crippen LogP contribution in [0.5, 0.6) is 0 Å². The minimum atomic E-state index is -0.0657. The molecule has 0 radical (unpaired) electrons. The monoisotopic (exact) mass is 655 g/mol. The van der Waals surface area contributed by atoms with Crippen molar-refractivity contribution < 1.29 is 21.1 Å². The van der Waals surface area contributed by atoms with Gasteiger partial charge in [-0.25, -0.2) is 0 Å². The third-order valence-corrected chi connectivity index (χ3v) is 5.89. The summed E-state index contributed by atoms with van der Waals surface area (Å²) >= 11 is 0. The van der Waals surface area contributed by atoms with E-state index in [0.717, 1.165) is 55.1 Å². The molecule has 0 atom stereocenters. The van der Waals surface area contributed by atoms with E-state index in [1.54, 1.807) is 12.4 Å². The van der Waals surface area contributed by atoms with Gasteiger partial charge in [0.05, 0.1) is 5.52 Å². The fourth-order valence-corrected chi connectivity index (χ4v) is 4.05. The van der Waals surface area contributed by atoms with Crippen LogP contribution in [0.2, 0.25) is 0 Å². The SMILES string of the molecule is CC(C)(C)c1n[c-]c2c(ccc3cccnc32)n1.CC(C)(C)c1n[n-]c2c1ccc1cccnc12.[Pt+2]. The zero-order valence-corrected chi connectivity index (χ0v) is 23.5. The Bertz CT molecular complexity index is 1680. The van der Waals surface area contributed by atoms with Crippen LogP contribution in [0.15, 0.2) is 60.9 Å². The number of fused-ring (bicyclic) bond motifs is 6. The summed E-state index contributed by atoms with van der Waals surface area (Å²) in [7, 11) is 0. The smallest absolute Gasteiger partial charge is 0.573 e. The van der Waals surface area contributed by atoms with Crippen molar-refractivity contribution in [1.29, 1.82) is 0 Å². The van der Waals surface area contributed by atoms with Gasteiger partial charge in [0.1, 0.15) is 0 Å². The topological polar surface area (TPSA) is 78.5 Å². The molecule has 0 unspecified atom stereocenters. The van der Waals surface area contributed by atoms with Crippen LogP contribution in [-0.4, -0.2) is 25.0 Å². The molecule has 0 aliphatic carbocycles. The van der Waals surface area contributed by atoms with Crippen molar-refractivity contribution in [2.45, 2.75) is 52.4 Å². The molecule has 6 aromatic rings. The first kappa shape index (κ1) is 25.8. The number of hydrogen-bond acceptors (Lipinski definition) is 5. The van der Waals surface area contributed by atoms with Crippen LogP contribution < -0.4 is 5.10 Å². The molecular formula is C29H28N6Pt. The van der Waals surface area contributed by atoms with E-state index >= 15 is 0 Å². The molecule has 0 aliphatic rings.